The Bertz CT molecular complexity index is 452. The lowest BCUT2D eigenvalue weighted by Crippen LogP contribution is -2.46. The highest BCUT2D eigenvalue weighted by molar-refractivity contribution is 5.81. The van der Waals surface area contributed by atoms with Crippen LogP contribution in [0.25, 0.3) is 0 Å². The average molecular weight is 288 g/mol. The molecule has 0 radical (unpaired) electrons. The van der Waals surface area contributed by atoms with E-state index in [0.717, 1.165) is 25.8 Å². The van der Waals surface area contributed by atoms with E-state index in [1.54, 1.807) is 0 Å². The van der Waals surface area contributed by atoms with Crippen LogP contribution in [0.4, 0.5) is 0 Å². The predicted molar refractivity (Wildman–Crippen MR) is 87.1 cm³/mol. The van der Waals surface area contributed by atoms with Gasteiger partial charge in [0.25, 0.3) is 0 Å². The number of aryl methyl sites for hydroxylation is 1. The number of benzene rings is 1. The fourth-order valence-electron chi connectivity index (χ4n) is 3.00. The van der Waals surface area contributed by atoms with Gasteiger partial charge in [-0.05, 0) is 37.3 Å². The summed E-state index contributed by atoms with van der Waals surface area (Å²) in [6.07, 6.45) is 7.11. The van der Waals surface area contributed by atoms with Crippen molar-refractivity contribution in [2.45, 2.75) is 71.0 Å². The summed E-state index contributed by atoms with van der Waals surface area (Å²) >= 11 is 0. The zero-order valence-electron chi connectivity index (χ0n) is 13.3. The first kappa shape index (κ1) is 16.0. The highest BCUT2D eigenvalue weighted by Crippen LogP contribution is 2.17. The second-order valence-corrected chi connectivity index (χ2v) is 6.07. The molecule has 3 nitrogen and oxygen atoms in total. The predicted octanol–water partition coefficient (Wildman–Crippen LogP) is 3.18. The molecule has 0 bridgehead atoms. The van der Waals surface area contributed by atoms with Crippen molar-refractivity contribution >= 4 is 5.91 Å². The third-order valence-electron chi connectivity index (χ3n) is 4.44. The molecule has 1 saturated carbocycles. The molecule has 1 atom stereocenters. The van der Waals surface area contributed by atoms with Crippen LogP contribution in [-0.4, -0.2) is 18.0 Å². The summed E-state index contributed by atoms with van der Waals surface area (Å²) in [5.41, 5.74) is 2.64. The number of amides is 1. The van der Waals surface area contributed by atoms with E-state index in [4.69, 9.17) is 0 Å². The number of carbonyl (C=O) groups excluding carboxylic acids is 1. The van der Waals surface area contributed by atoms with E-state index < -0.39 is 0 Å². The molecule has 2 rings (SSSR count). The molecule has 0 heterocycles. The van der Waals surface area contributed by atoms with Crippen molar-refractivity contribution in [3.63, 3.8) is 0 Å². The van der Waals surface area contributed by atoms with Crippen LogP contribution < -0.4 is 10.6 Å². The summed E-state index contributed by atoms with van der Waals surface area (Å²) in [5, 5.41) is 6.53. The Balaban J connectivity index is 1.80. The third kappa shape index (κ3) is 4.85. The highest BCUT2D eigenvalue weighted by Gasteiger charge is 2.19. The van der Waals surface area contributed by atoms with Gasteiger partial charge in [-0.25, -0.2) is 0 Å². The average Bonchev–Trinajstić information content (AvgIpc) is 2.53. The molecule has 1 aromatic rings. The number of hydrogen-bond donors (Lipinski definition) is 2. The van der Waals surface area contributed by atoms with Crippen molar-refractivity contribution in [1.82, 2.24) is 10.6 Å². The number of rotatable bonds is 6. The van der Waals surface area contributed by atoms with Gasteiger partial charge in [0.15, 0.2) is 0 Å². The Morgan fingerprint density at radius 3 is 2.52 bits per heavy atom. The largest absolute Gasteiger partial charge is 0.352 e. The van der Waals surface area contributed by atoms with Gasteiger partial charge in [-0.1, -0.05) is 50.5 Å². The first-order valence-corrected chi connectivity index (χ1v) is 8.31. The van der Waals surface area contributed by atoms with Crippen molar-refractivity contribution in [2.75, 3.05) is 0 Å². The van der Waals surface area contributed by atoms with Gasteiger partial charge < -0.3 is 10.6 Å². The number of nitrogens with one attached hydrogen (secondary N) is 2. The van der Waals surface area contributed by atoms with E-state index in [1.165, 1.54) is 30.4 Å². The van der Waals surface area contributed by atoms with Gasteiger partial charge in [0.1, 0.15) is 0 Å². The van der Waals surface area contributed by atoms with Crippen LogP contribution in [0.5, 0.6) is 0 Å². The van der Waals surface area contributed by atoms with Gasteiger partial charge in [-0.15, -0.1) is 0 Å². The maximum Gasteiger partial charge on any atom is 0.237 e. The molecule has 1 unspecified atom stereocenters. The Hall–Kier alpha value is -1.35. The minimum atomic E-state index is -0.142. The molecule has 1 aliphatic rings. The molecule has 0 saturated heterocycles. The standard InChI is InChI=1S/C18H28N2O/c1-3-15-9-7-8-10-16(15)13-19-14(2)18(21)20-17-11-5-4-6-12-17/h7-10,14,17,19H,3-6,11-13H2,1-2H3,(H,20,21). The van der Waals surface area contributed by atoms with Gasteiger partial charge in [0, 0.05) is 12.6 Å². The second-order valence-electron chi connectivity index (χ2n) is 6.07. The maximum atomic E-state index is 12.2. The van der Waals surface area contributed by atoms with Crippen molar-refractivity contribution in [2.24, 2.45) is 0 Å². The summed E-state index contributed by atoms with van der Waals surface area (Å²) in [6, 6.07) is 8.67. The summed E-state index contributed by atoms with van der Waals surface area (Å²) < 4.78 is 0. The highest BCUT2D eigenvalue weighted by atomic mass is 16.2. The van der Waals surface area contributed by atoms with Crippen LogP contribution in [0.1, 0.15) is 57.1 Å². The van der Waals surface area contributed by atoms with Crippen LogP contribution in [0, 0.1) is 0 Å². The van der Waals surface area contributed by atoms with Crippen molar-refractivity contribution in [3.05, 3.63) is 35.4 Å². The molecule has 0 spiro atoms. The lowest BCUT2D eigenvalue weighted by Gasteiger charge is -2.25. The summed E-state index contributed by atoms with van der Waals surface area (Å²) in [6.45, 7) is 4.87. The van der Waals surface area contributed by atoms with Crippen molar-refractivity contribution in [1.29, 1.82) is 0 Å². The Morgan fingerprint density at radius 2 is 1.86 bits per heavy atom. The quantitative estimate of drug-likeness (QED) is 0.844. The zero-order chi connectivity index (χ0) is 15.1. The van der Waals surface area contributed by atoms with Gasteiger partial charge in [0.2, 0.25) is 5.91 Å². The third-order valence-corrected chi connectivity index (χ3v) is 4.44. The summed E-state index contributed by atoms with van der Waals surface area (Å²) in [4.78, 5) is 12.2. The van der Waals surface area contributed by atoms with Gasteiger partial charge in [0.05, 0.1) is 6.04 Å². The fourth-order valence-corrected chi connectivity index (χ4v) is 3.00. The SMILES string of the molecule is CCc1ccccc1CNC(C)C(=O)NC1CCCCC1. The van der Waals surface area contributed by atoms with Crippen LogP contribution >= 0.6 is 0 Å². The van der Waals surface area contributed by atoms with Crippen LogP contribution in [0.3, 0.4) is 0 Å². The first-order valence-electron chi connectivity index (χ1n) is 8.31. The van der Waals surface area contributed by atoms with Crippen LogP contribution in [0.2, 0.25) is 0 Å². The van der Waals surface area contributed by atoms with Crippen LogP contribution in [0.15, 0.2) is 24.3 Å². The van der Waals surface area contributed by atoms with Crippen molar-refractivity contribution in [3.8, 4) is 0 Å². The lowest BCUT2D eigenvalue weighted by molar-refractivity contribution is -0.123. The van der Waals surface area contributed by atoms with E-state index in [1.807, 2.05) is 6.92 Å². The molecule has 1 fully saturated rings. The minimum Gasteiger partial charge on any atom is -0.352 e. The number of hydrogen-bond acceptors (Lipinski definition) is 2. The lowest BCUT2D eigenvalue weighted by atomic mass is 9.95. The molecule has 21 heavy (non-hydrogen) atoms. The number of carbonyl (C=O) groups is 1. The molecule has 3 heteroatoms. The Kier molecular flexibility index (Phi) is 6.24. The molecule has 116 valence electrons. The van der Waals surface area contributed by atoms with E-state index in [0.29, 0.717) is 6.04 Å². The Morgan fingerprint density at radius 1 is 1.19 bits per heavy atom. The molecule has 0 aliphatic heterocycles. The molecular weight excluding hydrogens is 260 g/mol. The minimum absolute atomic E-state index is 0.135. The van der Waals surface area contributed by atoms with Gasteiger partial charge >= 0.3 is 0 Å². The summed E-state index contributed by atoms with van der Waals surface area (Å²) in [7, 11) is 0. The van der Waals surface area contributed by atoms with E-state index in [-0.39, 0.29) is 11.9 Å². The van der Waals surface area contributed by atoms with E-state index in [2.05, 4.69) is 41.8 Å². The summed E-state index contributed by atoms with van der Waals surface area (Å²) in [5.74, 6) is 0.135. The normalized spacial score (nSPS) is 17.4. The first-order chi connectivity index (χ1) is 10.2. The zero-order valence-corrected chi connectivity index (χ0v) is 13.3. The topological polar surface area (TPSA) is 41.1 Å². The monoisotopic (exact) mass is 288 g/mol. The van der Waals surface area contributed by atoms with E-state index in [9.17, 15) is 4.79 Å². The molecule has 2 N–H and O–H groups in total. The molecule has 1 amide bonds. The maximum absolute atomic E-state index is 12.2. The van der Waals surface area contributed by atoms with Gasteiger partial charge in [-0.2, -0.15) is 0 Å². The molecule has 1 aliphatic carbocycles. The second kappa shape index (κ2) is 8.18. The molecule has 1 aromatic carbocycles. The van der Waals surface area contributed by atoms with Crippen molar-refractivity contribution < 1.29 is 4.79 Å². The van der Waals surface area contributed by atoms with E-state index >= 15 is 0 Å². The molecular formula is C18H28N2O. The fraction of sp³-hybridized carbons (Fsp3) is 0.611. The Labute approximate surface area is 128 Å². The van der Waals surface area contributed by atoms with Gasteiger partial charge in [-0.3, -0.25) is 4.79 Å². The van der Waals surface area contributed by atoms with Crippen LogP contribution in [-0.2, 0) is 17.8 Å². The molecule has 0 aromatic heterocycles. The smallest absolute Gasteiger partial charge is 0.237 e.